The Bertz CT molecular complexity index is 684. The Labute approximate surface area is 112 Å². The SMILES string of the molecule is CC(c1nc2cc(C#N)ccc2n1C1CC1)C1CC1. The maximum atomic E-state index is 9.02. The van der Waals surface area contributed by atoms with Crippen LogP contribution in [-0.2, 0) is 0 Å². The minimum Gasteiger partial charge on any atom is -0.325 e. The summed E-state index contributed by atoms with van der Waals surface area (Å²) in [6, 6.07) is 8.77. The van der Waals surface area contributed by atoms with Crippen molar-refractivity contribution in [2.75, 3.05) is 0 Å². The van der Waals surface area contributed by atoms with Gasteiger partial charge in [0, 0.05) is 12.0 Å². The molecule has 0 amide bonds. The van der Waals surface area contributed by atoms with Crippen LogP contribution in [0.5, 0.6) is 0 Å². The lowest BCUT2D eigenvalue weighted by atomic mass is 10.1. The highest BCUT2D eigenvalue weighted by Gasteiger charge is 2.35. The van der Waals surface area contributed by atoms with Crippen LogP contribution in [0.2, 0.25) is 0 Å². The number of fused-ring (bicyclic) bond motifs is 1. The molecule has 0 radical (unpaired) electrons. The zero-order chi connectivity index (χ0) is 13.0. The molecule has 3 nitrogen and oxygen atoms in total. The molecule has 1 heterocycles. The van der Waals surface area contributed by atoms with E-state index in [2.05, 4.69) is 23.6 Å². The van der Waals surface area contributed by atoms with Gasteiger partial charge in [-0.1, -0.05) is 6.92 Å². The standard InChI is InChI=1S/C16H17N3/c1-10(12-3-4-12)16-18-14-8-11(9-17)2-7-15(14)19(16)13-5-6-13/h2,7-8,10,12-13H,3-6H2,1H3. The average Bonchev–Trinajstić information content (AvgIpc) is 3.32. The van der Waals surface area contributed by atoms with E-state index < -0.39 is 0 Å². The summed E-state index contributed by atoms with van der Waals surface area (Å²) in [6.45, 7) is 2.31. The van der Waals surface area contributed by atoms with Gasteiger partial charge in [-0.3, -0.25) is 0 Å². The van der Waals surface area contributed by atoms with Crippen LogP contribution in [0.4, 0.5) is 0 Å². The topological polar surface area (TPSA) is 41.6 Å². The van der Waals surface area contributed by atoms with E-state index in [1.54, 1.807) is 0 Å². The van der Waals surface area contributed by atoms with Gasteiger partial charge in [0.1, 0.15) is 5.82 Å². The molecule has 0 aliphatic heterocycles. The molecule has 0 bridgehead atoms. The Balaban J connectivity index is 1.90. The van der Waals surface area contributed by atoms with Crippen LogP contribution < -0.4 is 0 Å². The highest BCUT2D eigenvalue weighted by molar-refractivity contribution is 5.78. The van der Waals surface area contributed by atoms with Crippen LogP contribution >= 0.6 is 0 Å². The Morgan fingerprint density at radius 2 is 2.11 bits per heavy atom. The van der Waals surface area contributed by atoms with Gasteiger partial charge in [-0.05, 0) is 49.8 Å². The fourth-order valence-electron chi connectivity index (χ4n) is 3.03. The number of hydrogen-bond acceptors (Lipinski definition) is 2. The van der Waals surface area contributed by atoms with Crippen LogP contribution in [0, 0.1) is 17.2 Å². The average molecular weight is 251 g/mol. The first-order chi connectivity index (χ1) is 9.28. The van der Waals surface area contributed by atoms with Crippen LogP contribution in [0.25, 0.3) is 11.0 Å². The van der Waals surface area contributed by atoms with E-state index in [0.717, 1.165) is 11.4 Å². The summed E-state index contributed by atoms with van der Waals surface area (Å²) in [7, 11) is 0. The maximum absolute atomic E-state index is 9.02. The number of imidazole rings is 1. The smallest absolute Gasteiger partial charge is 0.113 e. The molecule has 4 rings (SSSR count). The fraction of sp³-hybridized carbons (Fsp3) is 0.500. The van der Waals surface area contributed by atoms with Gasteiger partial charge in [0.05, 0.1) is 22.7 Å². The second kappa shape index (κ2) is 3.84. The lowest BCUT2D eigenvalue weighted by Gasteiger charge is -2.13. The summed E-state index contributed by atoms with van der Waals surface area (Å²) >= 11 is 0. The van der Waals surface area contributed by atoms with E-state index in [4.69, 9.17) is 10.2 Å². The van der Waals surface area contributed by atoms with Gasteiger partial charge >= 0.3 is 0 Å². The monoisotopic (exact) mass is 251 g/mol. The van der Waals surface area contributed by atoms with Gasteiger partial charge in [-0.15, -0.1) is 0 Å². The third-order valence-corrected chi connectivity index (χ3v) is 4.49. The number of nitrogens with zero attached hydrogens (tertiary/aromatic N) is 3. The van der Waals surface area contributed by atoms with Crippen LogP contribution in [0.1, 0.15) is 56.0 Å². The van der Waals surface area contributed by atoms with Crippen LogP contribution in [0.15, 0.2) is 18.2 Å². The third-order valence-electron chi connectivity index (χ3n) is 4.49. The molecule has 1 aromatic carbocycles. The molecule has 0 saturated heterocycles. The normalized spacial score (nSPS) is 20.4. The molecule has 2 aliphatic rings. The van der Waals surface area contributed by atoms with Crippen molar-refractivity contribution in [2.45, 2.75) is 44.6 Å². The maximum Gasteiger partial charge on any atom is 0.113 e. The van der Waals surface area contributed by atoms with E-state index in [9.17, 15) is 0 Å². The van der Waals surface area contributed by atoms with Crippen LogP contribution in [-0.4, -0.2) is 9.55 Å². The summed E-state index contributed by atoms with van der Waals surface area (Å²) in [4.78, 5) is 4.86. The van der Waals surface area contributed by atoms with Crippen molar-refractivity contribution in [3.05, 3.63) is 29.6 Å². The molecule has 3 heteroatoms. The molecule has 96 valence electrons. The molecule has 0 N–H and O–H groups in total. The quantitative estimate of drug-likeness (QED) is 0.833. The van der Waals surface area contributed by atoms with Gasteiger partial charge in [0.2, 0.25) is 0 Å². The van der Waals surface area contributed by atoms with Gasteiger partial charge < -0.3 is 4.57 Å². The fourth-order valence-corrected chi connectivity index (χ4v) is 3.03. The molecule has 2 aliphatic carbocycles. The number of hydrogen-bond donors (Lipinski definition) is 0. The van der Waals surface area contributed by atoms with E-state index >= 15 is 0 Å². The molecule has 1 aromatic heterocycles. The first-order valence-corrected chi connectivity index (χ1v) is 7.20. The number of rotatable bonds is 3. The summed E-state index contributed by atoms with van der Waals surface area (Å²) < 4.78 is 2.44. The summed E-state index contributed by atoms with van der Waals surface area (Å²) in [5, 5.41) is 9.02. The van der Waals surface area contributed by atoms with Crippen LogP contribution in [0.3, 0.4) is 0 Å². The minimum absolute atomic E-state index is 0.554. The van der Waals surface area contributed by atoms with E-state index in [-0.39, 0.29) is 0 Å². The van der Waals surface area contributed by atoms with Gasteiger partial charge in [-0.2, -0.15) is 5.26 Å². The van der Waals surface area contributed by atoms with Crippen molar-refractivity contribution in [3.8, 4) is 6.07 Å². The first-order valence-electron chi connectivity index (χ1n) is 7.20. The molecular formula is C16H17N3. The molecule has 2 fully saturated rings. The van der Waals surface area contributed by atoms with Crippen molar-refractivity contribution < 1.29 is 0 Å². The second-order valence-corrected chi connectivity index (χ2v) is 6.01. The number of nitriles is 1. The van der Waals surface area contributed by atoms with Crippen molar-refractivity contribution >= 4 is 11.0 Å². The lowest BCUT2D eigenvalue weighted by molar-refractivity contribution is 0.572. The summed E-state index contributed by atoms with van der Waals surface area (Å²) in [6.07, 6.45) is 5.24. The molecule has 2 saturated carbocycles. The Morgan fingerprint density at radius 1 is 1.32 bits per heavy atom. The predicted molar refractivity (Wildman–Crippen MR) is 73.9 cm³/mol. The summed E-state index contributed by atoms with van der Waals surface area (Å²) in [5.41, 5.74) is 2.91. The first kappa shape index (κ1) is 11.0. The molecular weight excluding hydrogens is 234 g/mol. The Morgan fingerprint density at radius 3 is 2.74 bits per heavy atom. The van der Waals surface area contributed by atoms with E-state index in [1.807, 2.05) is 12.1 Å². The number of aromatic nitrogens is 2. The largest absolute Gasteiger partial charge is 0.325 e. The predicted octanol–water partition coefficient (Wildman–Crippen LogP) is 3.76. The lowest BCUT2D eigenvalue weighted by Crippen LogP contribution is -2.07. The molecule has 2 aromatic rings. The van der Waals surface area contributed by atoms with Gasteiger partial charge in [0.15, 0.2) is 0 Å². The summed E-state index contributed by atoms with van der Waals surface area (Å²) in [5.74, 6) is 2.62. The minimum atomic E-state index is 0.554. The van der Waals surface area contributed by atoms with E-state index in [1.165, 1.54) is 37.0 Å². The third kappa shape index (κ3) is 1.74. The van der Waals surface area contributed by atoms with Gasteiger partial charge in [0.25, 0.3) is 0 Å². The van der Waals surface area contributed by atoms with Crippen molar-refractivity contribution in [1.29, 1.82) is 5.26 Å². The molecule has 1 atom stereocenters. The number of benzene rings is 1. The van der Waals surface area contributed by atoms with Crippen molar-refractivity contribution in [2.24, 2.45) is 5.92 Å². The molecule has 19 heavy (non-hydrogen) atoms. The molecule has 1 unspecified atom stereocenters. The second-order valence-electron chi connectivity index (χ2n) is 6.01. The Hall–Kier alpha value is -1.82. The Kier molecular flexibility index (Phi) is 2.23. The highest BCUT2D eigenvalue weighted by Crippen LogP contribution is 2.46. The van der Waals surface area contributed by atoms with Gasteiger partial charge in [-0.25, -0.2) is 4.98 Å². The van der Waals surface area contributed by atoms with Crippen molar-refractivity contribution in [3.63, 3.8) is 0 Å². The molecule has 0 spiro atoms. The zero-order valence-corrected chi connectivity index (χ0v) is 11.1. The zero-order valence-electron chi connectivity index (χ0n) is 11.1. The van der Waals surface area contributed by atoms with Crippen molar-refractivity contribution in [1.82, 2.24) is 9.55 Å². The highest BCUT2D eigenvalue weighted by atomic mass is 15.1. The van der Waals surface area contributed by atoms with E-state index in [0.29, 0.717) is 17.5 Å².